The molecule has 0 heteroatoms. The molecule has 1 aliphatic rings. The zero-order valence-electron chi connectivity index (χ0n) is 7.01. The maximum Gasteiger partial charge on any atom is -0.0162 e. The van der Waals surface area contributed by atoms with E-state index < -0.39 is 0 Å². The van der Waals surface area contributed by atoms with E-state index in [4.69, 9.17) is 0 Å². The van der Waals surface area contributed by atoms with Crippen LogP contribution in [-0.4, -0.2) is 0 Å². The van der Waals surface area contributed by atoms with Gasteiger partial charge in [-0.15, -0.1) is 0 Å². The average molecular weight is 146 g/mol. The summed E-state index contributed by atoms with van der Waals surface area (Å²) in [6.07, 6.45) is 3.97. The third-order valence-electron chi connectivity index (χ3n) is 2.44. The Kier molecular flexibility index (Phi) is 1.69. The van der Waals surface area contributed by atoms with Crippen LogP contribution in [0.4, 0.5) is 0 Å². The van der Waals surface area contributed by atoms with E-state index in [2.05, 4.69) is 31.2 Å². The van der Waals surface area contributed by atoms with Crippen molar-refractivity contribution in [3.8, 4) is 0 Å². The van der Waals surface area contributed by atoms with Gasteiger partial charge in [0, 0.05) is 0 Å². The summed E-state index contributed by atoms with van der Waals surface area (Å²) in [6, 6.07) is 9.09. The SMILES string of the molecule is CCc1ccc(C2CC2)cc1. The fourth-order valence-electron chi connectivity index (χ4n) is 1.44. The van der Waals surface area contributed by atoms with Crippen molar-refractivity contribution in [3.05, 3.63) is 35.4 Å². The summed E-state index contributed by atoms with van der Waals surface area (Å²) in [4.78, 5) is 0. The van der Waals surface area contributed by atoms with Crippen LogP contribution in [0.5, 0.6) is 0 Å². The van der Waals surface area contributed by atoms with Crippen LogP contribution in [0.15, 0.2) is 24.3 Å². The van der Waals surface area contributed by atoms with Crippen molar-refractivity contribution in [2.75, 3.05) is 0 Å². The van der Waals surface area contributed by atoms with Crippen LogP contribution < -0.4 is 0 Å². The zero-order valence-corrected chi connectivity index (χ0v) is 7.01. The molecule has 1 fully saturated rings. The number of hydrogen-bond acceptors (Lipinski definition) is 0. The van der Waals surface area contributed by atoms with Crippen molar-refractivity contribution >= 4 is 0 Å². The van der Waals surface area contributed by atoms with Gasteiger partial charge in [-0.05, 0) is 36.3 Å². The van der Waals surface area contributed by atoms with Crippen molar-refractivity contribution in [1.29, 1.82) is 0 Å². The van der Waals surface area contributed by atoms with Crippen LogP contribution >= 0.6 is 0 Å². The Hall–Kier alpha value is -0.780. The fraction of sp³-hybridized carbons (Fsp3) is 0.455. The summed E-state index contributed by atoms with van der Waals surface area (Å²) in [7, 11) is 0. The minimum atomic E-state index is 0.904. The van der Waals surface area contributed by atoms with Crippen molar-refractivity contribution < 1.29 is 0 Å². The largest absolute Gasteiger partial charge is 0.0613 e. The lowest BCUT2D eigenvalue weighted by molar-refractivity contribution is 1.09. The average Bonchev–Trinajstić information content (AvgIpc) is 2.87. The van der Waals surface area contributed by atoms with Gasteiger partial charge in [-0.1, -0.05) is 31.2 Å². The van der Waals surface area contributed by atoms with Crippen molar-refractivity contribution in [2.45, 2.75) is 32.1 Å². The molecule has 0 unspecified atom stereocenters. The molecule has 0 atom stereocenters. The van der Waals surface area contributed by atoms with Crippen molar-refractivity contribution in [3.63, 3.8) is 0 Å². The Morgan fingerprint density at radius 1 is 1.18 bits per heavy atom. The van der Waals surface area contributed by atoms with Gasteiger partial charge < -0.3 is 0 Å². The first-order valence-corrected chi connectivity index (χ1v) is 4.49. The molecule has 1 aromatic carbocycles. The third kappa shape index (κ3) is 1.45. The molecule has 58 valence electrons. The Morgan fingerprint density at radius 3 is 2.27 bits per heavy atom. The molecule has 0 nitrogen and oxygen atoms in total. The molecule has 0 bridgehead atoms. The Balaban J connectivity index is 2.19. The number of hydrogen-bond donors (Lipinski definition) is 0. The summed E-state index contributed by atoms with van der Waals surface area (Å²) >= 11 is 0. The maximum absolute atomic E-state index is 2.29. The Bertz CT molecular complexity index is 229. The van der Waals surface area contributed by atoms with E-state index in [1.54, 1.807) is 5.56 Å². The molecule has 11 heavy (non-hydrogen) atoms. The molecular formula is C11H14. The van der Waals surface area contributed by atoms with Gasteiger partial charge >= 0.3 is 0 Å². The van der Waals surface area contributed by atoms with Gasteiger partial charge in [-0.25, -0.2) is 0 Å². The van der Waals surface area contributed by atoms with E-state index in [0.717, 1.165) is 12.3 Å². The molecule has 1 aromatic rings. The summed E-state index contributed by atoms with van der Waals surface area (Å²) < 4.78 is 0. The molecule has 0 aromatic heterocycles. The predicted molar refractivity (Wildman–Crippen MR) is 47.8 cm³/mol. The highest BCUT2D eigenvalue weighted by Gasteiger charge is 2.22. The van der Waals surface area contributed by atoms with Crippen LogP contribution in [0.2, 0.25) is 0 Å². The predicted octanol–water partition coefficient (Wildman–Crippen LogP) is 3.13. The number of aryl methyl sites for hydroxylation is 1. The van der Waals surface area contributed by atoms with Gasteiger partial charge in [0.1, 0.15) is 0 Å². The van der Waals surface area contributed by atoms with Crippen LogP contribution in [0.1, 0.15) is 36.8 Å². The van der Waals surface area contributed by atoms with Gasteiger partial charge in [-0.2, -0.15) is 0 Å². The number of benzene rings is 1. The summed E-state index contributed by atoms with van der Waals surface area (Å²) in [5, 5.41) is 0. The van der Waals surface area contributed by atoms with Gasteiger partial charge in [0.2, 0.25) is 0 Å². The van der Waals surface area contributed by atoms with E-state index in [9.17, 15) is 0 Å². The Morgan fingerprint density at radius 2 is 1.82 bits per heavy atom. The molecule has 0 N–H and O–H groups in total. The smallest absolute Gasteiger partial charge is 0.0162 e. The van der Waals surface area contributed by atoms with E-state index in [0.29, 0.717) is 0 Å². The normalized spacial score (nSPS) is 16.8. The van der Waals surface area contributed by atoms with E-state index in [1.807, 2.05) is 0 Å². The molecule has 0 radical (unpaired) electrons. The molecule has 2 rings (SSSR count). The maximum atomic E-state index is 2.29. The minimum absolute atomic E-state index is 0.904. The lowest BCUT2D eigenvalue weighted by Crippen LogP contribution is -1.81. The highest BCUT2D eigenvalue weighted by Crippen LogP contribution is 2.39. The first-order chi connectivity index (χ1) is 5.40. The lowest BCUT2D eigenvalue weighted by Gasteiger charge is -1.98. The summed E-state index contributed by atoms with van der Waals surface area (Å²) in [6.45, 7) is 2.20. The van der Waals surface area contributed by atoms with Gasteiger partial charge in [0.25, 0.3) is 0 Å². The van der Waals surface area contributed by atoms with Crippen LogP contribution in [-0.2, 0) is 6.42 Å². The summed E-state index contributed by atoms with van der Waals surface area (Å²) in [5.41, 5.74) is 3.00. The van der Waals surface area contributed by atoms with Gasteiger partial charge in [-0.3, -0.25) is 0 Å². The summed E-state index contributed by atoms with van der Waals surface area (Å²) in [5.74, 6) is 0.904. The second-order valence-corrected chi connectivity index (χ2v) is 3.37. The molecule has 0 saturated heterocycles. The van der Waals surface area contributed by atoms with Crippen LogP contribution in [0.25, 0.3) is 0 Å². The topological polar surface area (TPSA) is 0 Å². The van der Waals surface area contributed by atoms with E-state index >= 15 is 0 Å². The van der Waals surface area contributed by atoms with Crippen LogP contribution in [0, 0.1) is 0 Å². The Labute approximate surface area is 68.3 Å². The lowest BCUT2D eigenvalue weighted by atomic mass is 10.1. The van der Waals surface area contributed by atoms with E-state index in [1.165, 1.54) is 18.4 Å². The second kappa shape index (κ2) is 2.69. The minimum Gasteiger partial charge on any atom is -0.0613 e. The van der Waals surface area contributed by atoms with Crippen LogP contribution in [0.3, 0.4) is 0 Å². The fourth-order valence-corrected chi connectivity index (χ4v) is 1.44. The van der Waals surface area contributed by atoms with Gasteiger partial charge in [0.15, 0.2) is 0 Å². The molecule has 0 aliphatic heterocycles. The second-order valence-electron chi connectivity index (χ2n) is 3.37. The first kappa shape index (κ1) is 6.90. The highest BCUT2D eigenvalue weighted by molar-refractivity contribution is 5.27. The standard InChI is InChI=1S/C11H14/c1-2-9-3-5-10(6-4-9)11-7-8-11/h3-6,11H,2,7-8H2,1H3. The molecule has 1 saturated carbocycles. The first-order valence-electron chi connectivity index (χ1n) is 4.49. The molecular weight excluding hydrogens is 132 g/mol. The zero-order chi connectivity index (χ0) is 7.68. The monoisotopic (exact) mass is 146 g/mol. The molecule has 0 heterocycles. The third-order valence-corrected chi connectivity index (χ3v) is 2.44. The number of rotatable bonds is 2. The van der Waals surface area contributed by atoms with Gasteiger partial charge in [0.05, 0.1) is 0 Å². The van der Waals surface area contributed by atoms with Crippen molar-refractivity contribution in [1.82, 2.24) is 0 Å². The molecule has 0 amide bonds. The quantitative estimate of drug-likeness (QED) is 0.601. The molecule has 1 aliphatic carbocycles. The van der Waals surface area contributed by atoms with Crippen molar-refractivity contribution in [2.24, 2.45) is 0 Å². The highest BCUT2D eigenvalue weighted by atomic mass is 14.3. The van der Waals surface area contributed by atoms with E-state index in [-0.39, 0.29) is 0 Å². The molecule has 0 spiro atoms.